The molecule has 0 aliphatic carbocycles. The van der Waals surface area contributed by atoms with Crippen LogP contribution in [0.2, 0.25) is 0 Å². The predicted molar refractivity (Wildman–Crippen MR) is 69.9 cm³/mol. The topological polar surface area (TPSA) is 56.0 Å². The van der Waals surface area contributed by atoms with Crippen molar-refractivity contribution in [3.05, 3.63) is 53.9 Å². The van der Waals surface area contributed by atoms with E-state index in [1.807, 2.05) is 31.2 Å². The minimum atomic E-state index is -1.10. The number of nitrogen functional groups attached to an aromatic ring is 1. The van der Waals surface area contributed by atoms with E-state index in [0.29, 0.717) is 11.4 Å². The first-order chi connectivity index (χ1) is 8.16. The van der Waals surface area contributed by atoms with Crippen LogP contribution in [0.15, 0.2) is 47.5 Å². The highest BCUT2D eigenvalue weighted by Gasteiger charge is 2.08. The largest absolute Gasteiger partial charge is 0.399 e. The summed E-state index contributed by atoms with van der Waals surface area (Å²) in [6.45, 7) is 1.97. The molecule has 0 saturated heterocycles. The summed E-state index contributed by atoms with van der Waals surface area (Å²) in [5.74, 6) is 0.427. The SMILES string of the molecule is Cc1cccnc1CS(=O)c1cccc(N)c1. The Balaban J connectivity index is 2.20. The summed E-state index contributed by atoms with van der Waals surface area (Å²) in [6.07, 6.45) is 1.72. The average molecular weight is 246 g/mol. The maximum Gasteiger partial charge on any atom is 0.0708 e. The van der Waals surface area contributed by atoms with E-state index in [1.165, 1.54) is 0 Å². The van der Waals surface area contributed by atoms with Crippen LogP contribution in [0.4, 0.5) is 5.69 Å². The first kappa shape index (κ1) is 11.8. The van der Waals surface area contributed by atoms with Crippen molar-refractivity contribution in [2.24, 2.45) is 0 Å². The Morgan fingerprint density at radius 3 is 2.82 bits per heavy atom. The lowest BCUT2D eigenvalue weighted by molar-refractivity contribution is 0.682. The lowest BCUT2D eigenvalue weighted by Gasteiger charge is -2.05. The quantitative estimate of drug-likeness (QED) is 0.845. The standard InChI is InChI=1S/C13H14N2OS/c1-10-4-3-7-15-13(10)9-17(16)12-6-2-5-11(14)8-12/h2-8H,9,14H2,1H3. The summed E-state index contributed by atoms with van der Waals surface area (Å²) in [6, 6.07) is 11.0. The van der Waals surface area contributed by atoms with Gasteiger partial charge in [0.2, 0.25) is 0 Å². The predicted octanol–water partition coefficient (Wildman–Crippen LogP) is 2.28. The molecule has 88 valence electrons. The molecule has 0 bridgehead atoms. The third-order valence-electron chi connectivity index (χ3n) is 2.51. The molecule has 1 aromatic heterocycles. The van der Waals surface area contributed by atoms with Gasteiger partial charge in [-0.3, -0.25) is 9.19 Å². The Morgan fingerprint density at radius 2 is 2.12 bits per heavy atom. The molecule has 4 heteroatoms. The Morgan fingerprint density at radius 1 is 1.29 bits per heavy atom. The first-order valence-electron chi connectivity index (χ1n) is 5.31. The van der Waals surface area contributed by atoms with Crippen molar-refractivity contribution in [2.75, 3.05) is 5.73 Å². The number of aryl methyl sites for hydroxylation is 1. The number of rotatable bonds is 3. The number of hydrogen-bond acceptors (Lipinski definition) is 3. The van der Waals surface area contributed by atoms with E-state index in [-0.39, 0.29) is 0 Å². The van der Waals surface area contributed by atoms with E-state index in [1.54, 1.807) is 18.3 Å². The molecular weight excluding hydrogens is 232 g/mol. The van der Waals surface area contributed by atoms with Crippen molar-refractivity contribution in [1.29, 1.82) is 0 Å². The van der Waals surface area contributed by atoms with Crippen LogP contribution in [0.3, 0.4) is 0 Å². The molecule has 0 amide bonds. The van der Waals surface area contributed by atoms with Gasteiger partial charge in [-0.15, -0.1) is 0 Å². The molecule has 17 heavy (non-hydrogen) atoms. The zero-order valence-corrected chi connectivity index (χ0v) is 10.4. The number of anilines is 1. The Kier molecular flexibility index (Phi) is 3.54. The van der Waals surface area contributed by atoms with Gasteiger partial charge in [-0.25, -0.2) is 0 Å². The number of nitrogens with zero attached hydrogens (tertiary/aromatic N) is 1. The zero-order chi connectivity index (χ0) is 12.3. The van der Waals surface area contributed by atoms with E-state index in [2.05, 4.69) is 4.98 Å². The molecule has 0 aliphatic rings. The highest BCUT2D eigenvalue weighted by atomic mass is 32.2. The molecule has 0 spiro atoms. The van der Waals surface area contributed by atoms with E-state index < -0.39 is 10.8 Å². The fraction of sp³-hybridized carbons (Fsp3) is 0.154. The van der Waals surface area contributed by atoms with Gasteiger partial charge in [0.05, 0.1) is 22.2 Å². The highest BCUT2D eigenvalue weighted by molar-refractivity contribution is 7.84. The fourth-order valence-electron chi connectivity index (χ4n) is 1.53. The van der Waals surface area contributed by atoms with Crippen LogP contribution < -0.4 is 5.73 Å². The van der Waals surface area contributed by atoms with Crippen molar-refractivity contribution >= 4 is 16.5 Å². The van der Waals surface area contributed by atoms with Gasteiger partial charge in [0.25, 0.3) is 0 Å². The fourth-order valence-corrected chi connectivity index (χ4v) is 2.75. The molecule has 1 heterocycles. The second-order valence-electron chi connectivity index (χ2n) is 3.83. The molecule has 1 atom stereocenters. The molecule has 1 unspecified atom stereocenters. The van der Waals surface area contributed by atoms with Crippen molar-refractivity contribution < 1.29 is 4.21 Å². The highest BCUT2D eigenvalue weighted by Crippen LogP contribution is 2.15. The average Bonchev–Trinajstić information content (AvgIpc) is 2.32. The summed E-state index contributed by atoms with van der Waals surface area (Å²) in [5.41, 5.74) is 8.23. The molecule has 2 N–H and O–H groups in total. The van der Waals surface area contributed by atoms with Crippen LogP contribution >= 0.6 is 0 Å². The monoisotopic (exact) mass is 246 g/mol. The second-order valence-corrected chi connectivity index (χ2v) is 5.28. The Labute approximate surface area is 103 Å². The van der Waals surface area contributed by atoms with Gasteiger partial charge in [-0.05, 0) is 36.8 Å². The molecule has 0 aliphatic heterocycles. The minimum absolute atomic E-state index is 0.427. The summed E-state index contributed by atoms with van der Waals surface area (Å²) < 4.78 is 12.1. The van der Waals surface area contributed by atoms with Crippen LogP contribution in [-0.4, -0.2) is 9.19 Å². The normalized spacial score (nSPS) is 12.3. The smallest absolute Gasteiger partial charge is 0.0708 e. The maximum absolute atomic E-state index is 12.1. The molecule has 0 fully saturated rings. The minimum Gasteiger partial charge on any atom is -0.399 e. The number of nitrogens with two attached hydrogens (primary N) is 1. The molecule has 1 aromatic carbocycles. The van der Waals surface area contributed by atoms with Crippen molar-refractivity contribution in [3.63, 3.8) is 0 Å². The van der Waals surface area contributed by atoms with Gasteiger partial charge in [0.15, 0.2) is 0 Å². The van der Waals surface area contributed by atoms with E-state index in [4.69, 9.17) is 5.73 Å². The summed E-state index contributed by atoms with van der Waals surface area (Å²) in [7, 11) is -1.10. The van der Waals surface area contributed by atoms with Crippen LogP contribution in [0.25, 0.3) is 0 Å². The Hall–Kier alpha value is -1.68. The number of aromatic nitrogens is 1. The summed E-state index contributed by atoms with van der Waals surface area (Å²) in [5, 5.41) is 0. The third kappa shape index (κ3) is 2.91. The van der Waals surface area contributed by atoms with E-state index >= 15 is 0 Å². The van der Waals surface area contributed by atoms with Crippen LogP contribution in [-0.2, 0) is 16.6 Å². The zero-order valence-electron chi connectivity index (χ0n) is 9.59. The van der Waals surface area contributed by atoms with Gasteiger partial charge in [-0.1, -0.05) is 12.1 Å². The van der Waals surface area contributed by atoms with Gasteiger partial charge in [-0.2, -0.15) is 0 Å². The number of pyridine rings is 1. The van der Waals surface area contributed by atoms with Crippen LogP contribution in [0, 0.1) is 6.92 Å². The lowest BCUT2D eigenvalue weighted by atomic mass is 10.2. The van der Waals surface area contributed by atoms with Crippen LogP contribution in [0.1, 0.15) is 11.3 Å². The molecule has 3 nitrogen and oxygen atoms in total. The van der Waals surface area contributed by atoms with Gasteiger partial charge < -0.3 is 5.73 Å². The molecule has 2 rings (SSSR count). The number of hydrogen-bond donors (Lipinski definition) is 1. The summed E-state index contributed by atoms with van der Waals surface area (Å²) >= 11 is 0. The third-order valence-corrected chi connectivity index (χ3v) is 3.82. The van der Waals surface area contributed by atoms with E-state index in [0.717, 1.165) is 16.2 Å². The Bertz CT molecular complexity index is 555. The van der Waals surface area contributed by atoms with Crippen molar-refractivity contribution in [3.8, 4) is 0 Å². The van der Waals surface area contributed by atoms with E-state index in [9.17, 15) is 4.21 Å². The second kappa shape index (κ2) is 5.10. The number of benzene rings is 1. The molecule has 0 radical (unpaired) electrons. The first-order valence-corrected chi connectivity index (χ1v) is 6.63. The van der Waals surface area contributed by atoms with Gasteiger partial charge >= 0.3 is 0 Å². The lowest BCUT2D eigenvalue weighted by Crippen LogP contribution is -2.01. The van der Waals surface area contributed by atoms with Crippen molar-refractivity contribution in [1.82, 2.24) is 4.98 Å². The van der Waals surface area contributed by atoms with Crippen molar-refractivity contribution in [2.45, 2.75) is 17.6 Å². The van der Waals surface area contributed by atoms with Gasteiger partial charge in [0, 0.05) is 16.8 Å². The molecule has 0 saturated carbocycles. The maximum atomic E-state index is 12.1. The summed E-state index contributed by atoms with van der Waals surface area (Å²) in [4.78, 5) is 4.99. The molecule has 2 aromatic rings. The van der Waals surface area contributed by atoms with Crippen LogP contribution in [0.5, 0.6) is 0 Å². The van der Waals surface area contributed by atoms with Gasteiger partial charge in [0.1, 0.15) is 0 Å². The molecular formula is C13H14N2OS.